The largest absolute Gasteiger partial charge is 0.465 e. The normalized spacial score (nSPS) is 21.4. The minimum absolute atomic E-state index is 0.0511. The Bertz CT molecular complexity index is 1200. The van der Waals surface area contributed by atoms with Crippen molar-refractivity contribution in [2.24, 2.45) is 5.41 Å². The van der Waals surface area contributed by atoms with Crippen LogP contribution in [0.15, 0.2) is 0 Å². The maximum Gasteiger partial charge on any atom is 0.306 e. The molecule has 0 aromatic carbocycles. The van der Waals surface area contributed by atoms with Gasteiger partial charge in [-0.1, -0.05) is 129 Å². The summed E-state index contributed by atoms with van der Waals surface area (Å²) in [5.74, 6) is 0.483. The average Bonchev–Trinajstić information content (AvgIpc) is 3.34. The van der Waals surface area contributed by atoms with Crippen molar-refractivity contribution in [1.29, 1.82) is 0 Å². The Morgan fingerprint density at radius 2 is 1.00 bits per heavy atom. The second kappa shape index (κ2) is 38.6. The van der Waals surface area contributed by atoms with E-state index in [-0.39, 0.29) is 56.5 Å². The molecule has 0 amide bonds. The highest BCUT2D eigenvalue weighted by molar-refractivity contribution is 8.00. The summed E-state index contributed by atoms with van der Waals surface area (Å²) in [4.78, 5) is 41.0. The van der Waals surface area contributed by atoms with E-state index in [1.165, 1.54) is 128 Å². The van der Waals surface area contributed by atoms with Crippen LogP contribution in [0.1, 0.15) is 245 Å². The number of hydrogen-bond donors (Lipinski definition) is 1. The lowest BCUT2D eigenvalue weighted by Gasteiger charge is -2.45. The number of rotatable bonds is 41. The minimum Gasteiger partial charge on any atom is -0.465 e. The predicted molar refractivity (Wildman–Crippen MR) is 283 cm³/mol. The van der Waals surface area contributed by atoms with Crippen LogP contribution < -0.4 is 0 Å². The van der Waals surface area contributed by atoms with Crippen LogP contribution in [0.5, 0.6) is 0 Å². The van der Waals surface area contributed by atoms with Crippen LogP contribution in [-0.2, 0) is 38.1 Å². The number of hydrogen-bond acceptors (Lipinski definition) is 12. The molecule has 0 aromatic rings. The first kappa shape index (κ1) is 61.3. The molecule has 1 aliphatic heterocycles. The van der Waals surface area contributed by atoms with Gasteiger partial charge in [-0.05, 0) is 104 Å². The van der Waals surface area contributed by atoms with Crippen molar-refractivity contribution in [3.8, 4) is 0 Å². The molecule has 3 fully saturated rings. The summed E-state index contributed by atoms with van der Waals surface area (Å²) in [5, 5.41) is 11.9. The molecule has 1 N–H and O–H groups in total. The van der Waals surface area contributed by atoms with Gasteiger partial charge in [0.1, 0.15) is 18.8 Å². The van der Waals surface area contributed by atoms with Crippen molar-refractivity contribution in [1.82, 2.24) is 4.90 Å². The number of thioether (sulfide) groups is 2. The molecule has 3 rings (SSSR count). The number of esters is 3. The van der Waals surface area contributed by atoms with Gasteiger partial charge in [0.05, 0.1) is 25.2 Å². The first-order chi connectivity index (χ1) is 33.1. The van der Waals surface area contributed by atoms with Gasteiger partial charge in [0.2, 0.25) is 0 Å². The number of ether oxygens (including phenoxy) is 5. The fourth-order valence-corrected chi connectivity index (χ4v) is 12.7. The maximum absolute atomic E-state index is 13.2. The van der Waals surface area contributed by atoms with E-state index in [1.807, 2.05) is 42.5 Å². The van der Waals surface area contributed by atoms with E-state index in [9.17, 15) is 19.5 Å². The Balaban J connectivity index is 1.61. The molecule has 12 heteroatoms. The van der Waals surface area contributed by atoms with Crippen molar-refractivity contribution < 1.29 is 43.2 Å². The first-order valence-corrected chi connectivity index (χ1v) is 30.5. The summed E-state index contributed by atoms with van der Waals surface area (Å²) in [6.07, 6.45) is 37.7. The summed E-state index contributed by atoms with van der Waals surface area (Å²) in [6.45, 7) is 5.61. The third-order valence-corrected chi connectivity index (χ3v) is 17.5. The zero-order chi connectivity index (χ0) is 49.0. The monoisotopic (exact) mass is 998 g/mol. The lowest BCUT2D eigenvalue weighted by Crippen LogP contribution is -2.53. The number of aliphatic hydroxyl groups is 1. The van der Waals surface area contributed by atoms with E-state index in [0.29, 0.717) is 49.0 Å². The number of unbranched alkanes of at least 4 members (excludes halogenated alkanes) is 14. The van der Waals surface area contributed by atoms with Gasteiger partial charge in [0.25, 0.3) is 0 Å². The third-order valence-electron chi connectivity index (χ3n) is 14.5. The van der Waals surface area contributed by atoms with E-state index in [0.717, 1.165) is 82.3 Å². The van der Waals surface area contributed by atoms with Crippen molar-refractivity contribution in [3.05, 3.63) is 0 Å². The van der Waals surface area contributed by atoms with Crippen LogP contribution >= 0.6 is 23.5 Å². The average molecular weight is 999 g/mol. The van der Waals surface area contributed by atoms with Gasteiger partial charge < -0.3 is 33.7 Å². The molecule has 1 heterocycles. The number of carbonyl (C=O) groups excluding carboxylic acids is 3. The number of carbonyl (C=O) groups is 3. The SMILES string of the molecule is CCCCCCCCCC(=O)OC(CCCCC1(CCCCC(CSC2CCCCC2)OC(=O)CCCCCCCCC)OCC(CO)(COC(=O)CCCN(C)C)CO1)CSC1CCCCC1. The van der Waals surface area contributed by atoms with Gasteiger partial charge in [-0.15, -0.1) is 0 Å². The molecule has 398 valence electrons. The van der Waals surface area contributed by atoms with Crippen molar-refractivity contribution >= 4 is 41.4 Å². The van der Waals surface area contributed by atoms with Gasteiger partial charge in [-0.25, -0.2) is 0 Å². The minimum atomic E-state index is -0.839. The van der Waals surface area contributed by atoms with Crippen LogP contribution in [0.3, 0.4) is 0 Å². The van der Waals surface area contributed by atoms with Gasteiger partial charge in [-0.2, -0.15) is 23.5 Å². The molecule has 1 saturated heterocycles. The lowest BCUT2D eigenvalue weighted by atomic mass is 9.89. The molecule has 10 nitrogen and oxygen atoms in total. The molecule has 0 aromatic heterocycles. The molecule has 2 saturated carbocycles. The summed E-state index contributed by atoms with van der Waals surface area (Å²) in [5.41, 5.74) is -0.822. The van der Waals surface area contributed by atoms with Crippen molar-refractivity contribution in [2.45, 2.75) is 273 Å². The highest BCUT2D eigenvalue weighted by Gasteiger charge is 2.45. The van der Waals surface area contributed by atoms with E-state index in [1.54, 1.807) is 0 Å². The highest BCUT2D eigenvalue weighted by Crippen LogP contribution is 2.38. The summed E-state index contributed by atoms with van der Waals surface area (Å²) in [7, 11) is 3.97. The maximum atomic E-state index is 13.2. The second-order valence-electron chi connectivity index (χ2n) is 21.4. The summed E-state index contributed by atoms with van der Waals surface area (Å²) < 4.78 is 31.6. The van der Waals surface area contributed by atoms with Gasteiger partial charge in [0.15, 0.2) is 5.79 Å². The molecular formula is C56H103NO9S2. The zero-order valence-electron chi connectivity index (χ0n) is 44.2. The zero-order valence-corrected chi connectivity index (χ0v) is 45.8. The summed E-state index contributed by atoms with van der Waals surface area (Å²) in [6, 6.07) is 0. The molecule has 2 unspecified atom stereocenters. The molecule has 3 aliphatic rings. The number of aliphatic hydroxyl groups excluding tert-OH is 1. The molecule has 2 aliphatic carbocycles. The fraction of sp³-hybridized carbons (Fsp3) is 0.946. The van der Waals surface area contributed by atoms with Crippen molar-refractivity contribution in [3.63, 3.8) is 0 Å². The Morgan fingerprint density at radius 1 is 0.574 bits per heavy atom. The molecule has 68 heavy (non-hydrogen) atoms. The van der Waals surface area contributed by atoms with Crippen LogP contribution in [0.2, 0.25) is 0 Å². The quantitative estimate of drug-likeness (QED) is 0.0357. The van der Waals surface area contributed by atoms with Crippen LogP contribution in [0.25, 0.3) is 0 Å². The summed E-state index contributed by atoms with van der Waals surface area (Å²) >= 11 is 4.01. The molecule has 0 spiro atoms. The van der Waals surface area contributed by atoms with E-state index in [4.69, 9.17) is 23.7 Å². The van der Waals surface area contributed by atoms with E-state index in [2.05, 4.69) is 13.8 Å². The van der Waals surface area contributed by atoms with Gasteiger partial charge in [-0.3, -0.25) is 14.4 Å². The molecule has 0 bridgehead atoms. The molecule has 0 radical (unpaired) electrons. The fourth-order valence-electron chi connectivity index (χ4n) is 9.91. The predicted octanol–water partition coefficient (Wildman–Crippen LogP) is 14.0. The second-order valence-corrected chi connectivity index (χ2v) is 24.0. The number of nitrogens with zero attached hydrogens (tertiary/aromatic N) is 1. The highest BCUT2D eigenvalue weighted by atomic mass is 32.2. The Hall–Kier alpha value is -1.05. The van der Waals surface area contributed by atoms with Crippen LogP contribution in [0, 0.1) is 5.41 Å². The molecular weight excluding hydrogens is 895 g/mol. The lowest BCUT2D eigenvalue weighted by molar-refractivity contribution is -0.318. The Labute approximate surface area is 425 Å². The van der Waals surface area contributed by atoms with E-state index < -0.39 is 11.2 Å². The third kappa shape index (κ3) is 28.9. The smallest absolute Gasteiger partial charge is 0.306 e. The first-order valence-electron chi connectivity index (χ1n) is 28.4. The standard InChI is InChI=1S/C56H103NO9S2/c1-5-7-9-11-13-15-23-36-53(60)65-48(42-67-50-32-19-17-20-33-50)30-25-27-39-56(63-46-55(44-58,47-64-56)45-62-52(59)38-29-41-57(3)4)40-28-26-31-49(43-68-51-34-21-18-22-35-51)66-54(61)37-24-16-14-12-10-8-6-2/h48-51,58H,5-47H2,1-4H3. The van der Waals surface area contributed by atoms with Gasteiger partial charge >= 0.3 is 17.9 Å². The Morgan fingerprint density at radius 3 is 1.43 bits per heavy atom. The van der Waals surface area contributed by atoms with Crippen LogP contribution in [0.4, 0.5) is 0 Å². The van der Waals surface area contributed by atoms with E-state index >= 15 is 0 Å². The van der Waals surface area contributed by atoms with Gasteiger partial charge in [0, 0.05) is 54.1 Å². The molecule has 2 atom stereocenters. The van der Waals surface area contributed by atoms with Crippen molar-refractivity contribution in [2.75, 3.05) is 58.6 Å². The van der Waals surface area contributed by atoms with Crippen LogP contribution in [-0.4, -0.2) is 115 Å². The topological polar surface area (TPSA) is 121 Å². The Kier molecular flexibility index (Phi) is 34.7.